The third-order valence-electron chi connectivity index (χ3n) is 2.84. The van der Waals surface area contributed by atoms with Gasteiger partial charge in [-0.15, -0.1) is 0 Å². The molecule has 3 nitrogen and oxygen atoms in total. The van der Waals surface area contributed by atoms with Gasteiger partial charge in [0.15, 0.2) is 0 Å². The summed E-state index contributed by atoms with van der Waals surface area (Å²) in [6, 6.07) is 4.16. The minimum absolute atomic E-state index is 0.267. The predicted molar refractivity (Wildman–Crippen MR) is 56.7 cm³/mol. The molecule has 0 unspecified atom stereocenters. The van der Waals surface area contributed by atoms with Crippen LogP contribution >= 0.6 is 0 Å². The van der Waals surface area contributed by atoms with Crippen molar-refractivity contribution < 1.29 is 0 Å². The van der Waals surface area contributed by atoms with E-state index in [1.54, 1.807) is 0 Å². The lowest BCUT2D eigenvalue weighted by atomic mass is 10.1. The molecule has 0 radical (unpaired) electrons. The first kappa shape index (κ1) is 9.62. The molecule has 0 amide bonds. The number of aromatic nitrogens is 1. The first-order valence-electron chi connectivity index (χ1n) is 5.03. The standard InChI is InChI=1S/C11H17N3/c1-11(2)8-13-9-14(11)7-10-3-5-12-6-4-10/h3-6,13H,7-9H2,1-2H3. The molecule has 1 N–H and O–H groups in total. The molecule has 76 valence electrons. The van der Waals surface area contributed by atoms with E-state index < -0.39 is 0 Å². The van der Waals surface area contributed by atoms with Crippen molar-refractivity contribution in [1.82, 2.24) is 15.2 Å². The van der Waals surface area contributed by atoms with Gasteiger partial charge >= 0.3 is 0 Å². The average molecular weight is 191 g/mol. The van der Waals surface area contributed by atoms with Crippen molar-refractivity contribution >= 4 is 0 Å². The third-order valence-corrected chi connectivity index (χ3v) is 2.84. The topological polar surface area (TPSA) is 28.2 Å². The maximum Gasteiger partial charge on any atom is 0.0490 e. The molecule has 14 heavy (non-hydrogen) atoms. The molecule has 1 aliphatic heterocycles. The van der Waals surface area contributed by atoms with Crippen LogP contribution < -0.4 is 5.32 Å². The van der Waals surface area contributed by atoms with Crippen LogP contribution in [0.25, 0.3) is 0 Å². The molecule has 0 spiro atoms. The number of pyridine rings is 1. The van der Waals surface area contributed by atoms with Crippen molar-refractivity contribution in [2.75, 3.05) is 13.2 Å². The van der Waals surface area contributed by atoms with Gasteiger partial charge in [0, 0.05) is 37.7 Å². The monoisotopic (exact) mass is 191 g/mol. The summed E-state index contributed by atoms with van der Waals surface area (Å²) in [5.74, 6) is 0. The van der Waals surface area contributed by atoms with Crippen molar-refractivity contribution in [3.8, 4) is 0 Å². The smallest absolute Gasteiger partial charge is 0.0490 e. The lowest BCUT2D eigenvalue weighted by molar-refractivity contribution is 0.174. The van der Waals surface area contributed by atoms with Crippen molar-refractivity contribution in [3.05, 3.63) is 30.1 Å². The molecule has 1 saturated heterocycles. The van der Waals surface area contributed by atoms with E-state index in [9.17, 15) is 0 Å². The van der Waals surface area contributed by atoms with Crippen molar-refractivity contribution in [1.29, 1.82) is 0 Å². The quantitative estimate of drug-likeness (QED) is 0.762. The predicted octanol–water partition coefficient (Wildman–Crippen LogP) is 1.22. The van der Waals surface area contributed by atoms with Crippen LogP contribution in [0.3, 0.4) is 0 Å². The molecule has 1 aromatic heterocycles. The number of hydrogen-bond donors (Lipinski definition) is 1. The third kappa shape index (κ3) is 1.94. The van der Waals surface area contributed by atoms with E-state index >= 15 is 0 Å². The van der Waals surface area contributed by atoms with Crippen molar-refractivity contribution in [2.45, 2.75) is 25.9 Å². The van der Waals surface area contributed by atoms with Gasteiger partial charge in [0.25, 0.3) is 0 Å². The van der Waals surface area contributed by atoms with E-state index in [-0.39, 0.29) is 5.54 Å². The molecule has 2 rings (SSSR count). The molecule has 1 aliphatic rings. The Labute approximate surface area is 85.1 Å². The molecule has 0 aromatic carbocycles. The zero-order valence-corrected chi connectivity index (χ0v) is 8.83. The minimum atomic E-state index is 0.267. The Morgan fingerprint density at radius 3 is 2.71 bits per heavy atom. The van der Waals surface area contributed by atoms with Crippen LogP contribution in [0.5, 0.6) is 0 Å². The SMILES string of the molecule is CC1(C)CNCN1Cc1ccncc1. The van der Waals surface area contributed by atoms with Crippen molar-refractivity contribution in [3.63, 3.8) is 0 Å². The van der Waals surface area contributed by atoms with Gasteiger partial charge in [0.2, 0.25) is 0 Å². The average Bonchev–Trinajstić information content (AvgIpc) is 2.48. The highest BCUT2D eigenvalue weighted by Gasteiger charge is 2.31. The lowest BCUT2D eigenvalue weighted by Gasteiger charge is -2.30. The van der Waals surface area contributed by atoms with Gasteiger partial charge in [-0.2, -0.15) is 0 Å². The van der Waals surface area contributed by atoms with Crippen LogP contribution in [0.15, 0.2) is 24.5 Å². The van der Waals surface area contributed by atoms with Crippen LogP contribution in [0.1, 0.15) is 19.4 Å². The summed E-state index contributed by atoms with van der Waals surface area (Å²) in [4.78, 5) is 6.47. The Balaban J connectivity index is 2.05. The van der Waals surface area contributed by atoms with Crippen LogP contribution in [-0.2, 0) is 6.54 Å². The molecule has 0 atom stereocenters. The molecular weight excluding hydrogens is 174 g/mol. The summed E-state index contributed by atoms with van der Waals surface area (Å²) in [5, 5.41) is 3.39. The zero-order chi connectivity index (χ0) is 10.0. The lowest BCUT2D eigenvalue weighted by Crippen LogP contribution is -2.39. The highest BCUT2D eigenvalue weighted by Crippen LogP contribution is 2.19. The van der Waals surface area contributed by atoms with E-state index in [1.807, 2.05) is 12.4 Å². The summed E-state index contributed by atoms with van der Waals surface area (Å²) in [6.07, 6.45) is 3.71. The molecular formula is C11H17N3. The largest absolute Gasteiger partial charge is 0.302 e. The second kappa shape index (κ2) is 3.67. The van der Waals surface area contributed by atoms with E-state index in [0.29, 0.717) is 0 Å². The molecule has 0 saturated carbocycles. The molecule has 3 heteroatoms. The van der Waals surface area contributed by atoms with Crippen LogP contribution in [0.4, 0.5) is 0 Å². The Hall–Kier alpha value is -0.930. The van der Waals surface area contributed by atoms with Crippen LogP contribution in [0, 0.1) is 0 Å². The Kier molecular flexibility index (Phi) is 2.52. The maximum atomic E-state index is 4.02. The van der Waals surface area contributed by atoms with Gasteiger partial charge in [-0.25, -0.2) is 0 Å². The fraction of sp³-hybridized carbons (Fsp3) is 0.545. The molecule has 0 bridgehead atoms. The summed E-state index contributed by atoms with van der Waals surface area (Å²) in [6.45, 7) is 7.60. The fourth-order valence-electron chi connectivity index (χ4n) is 1.80. The van der Waals surface area contributed by atoms with Crippen LogP contribution in [0.2, 0.25) is 0 Å². The highest BCUT2D eigenvalue weighted by atomic mass is 15.3. The van der Waals surface area contributed by atoms with E-state index in [1.165, 1.54) is 5.56 Å². The Bertz CT molecular complexity index is 295. The zero-order valence-electron chi connectivity index (χ0n) is 8.83. The normalized spacial score (nSPS) is 21.3. The Morgan fingerprint density at radius 1 is 1.43 bits per heavy atom. The Morgan fingerprint density at radius 2 is 2.14 bits per heavy atom. The van der Waals surface area contributed by atoms with E-state index in [2.05, 4.69) is 41.2 Å². The van der Waals surface area contributed by atoms with Gasteiger partial charge in [-0.05, 0) is 31.5 Å². The first-order chi connectivity index (χ1) is 6.68. The summed E-state index contributed by atoms with van der Waals surface area (Å²) < 4.78 is 0. The van der Waals surface area contributed by atoms with Crippen LogP contribution in [-0.4, -0.2) is 28.6 Å². The molecule has 1 aromatic rings. The molecule has 2 heterocycles. The number of hydrogen-bond acceptors (Lipinski definition) is 3. The highest BCUT2D eigenvalue weighted by molar-refractivity contribution is 5.10. The second-order valence-corrected chi connectivity index (χ2v) is 4.45. The van der Waals surface area contributed by atoms with Gasteiger partial charge < -0.3 is 5.32 Å². The van der Waals surface area contributed by atoms with Gasteiger partial charge in [-0.1, -0.05) is 0 Å². The minimum Gasteiger partial charge on any atom is -0.302 e. The van der Waals surface area contributed by atoms with Gasteiger partial charge in [-0.3, -0.25) is 9.88 Å². The number of rotatable bonds is 2. The van der Waals surface area contributed by atoms with Gasteiger partial charge in [0.05, 0.1) is 0 Å². The maximum absolute atomic E-state index is 4.02. The fourth-order valence-corrected chi connectivity index (χ4v) is 1.80. The van der Waals surface area contributed by atoms with Crippen molar-refractivity contribution in [2.24, 2.45) is 0 Å². The van der Waals surface area contributed by atoms with Gasteiger partial charge in [0.1, 0.15) is 0 Å². The van der Waals surface area contributed by atoms with E-state index in [0.717, 1.165) is 19.8 Å². The summed E-state index contributed by atoms with van der Waals surface area (Å²) >= 11 is 0. The summed E-state index contributed by atoms with van der Waals surface area (Å²) in [5.41, 5.74) is 1.60. The summed E-state index contributed by atoms with van der Waals surface area (Å²) in [7, 11) is 0. The number of nitrogens with one attached hydrogen (secondary N) is 1. The number of nitrogens with zero attached hydrogens (tertiary/aromatic N) is 2. The molecule has 1 fully saturated rings. The van der Waals surface area contributed by atoms with E-state index in [4.69, 9.17) is 0 Å². The first-order valence-corrected chi connectivity index (χ1v) is 5.03. The molecule has 0 aliphatic carbocycles. The second-order valence-electron chi connectivity index (χ2n) is 4.45.